The standard InChI is InChI=1S/C16H25N5O/c1-18-6-10-20(11-7-18)15-5-3-4-14(17-15)16(22)21-12-8-19(2)9-13-21/h3-5H,6-13H2,1-2H3. The van der Waals surface area contributed by atoms with E-state index in [-0.39, 0.29) is 5.91 Å². The fraction of sp³-hybridized carbons (Fsp3) is 0.625. The Labute approximate surface area is 132 Å². The number of rotatable bonds is 2. The molecule has 0 saturated carbocycles. The molecule has 1 amide bonds. The number of piperazine rings is 2. The number of nitrogens with zero attached hydrogens (tertiary/aromatic N) is 5. The summed E-state index contributed by atoms with van der Waals surface area (Å²) in [7, 11) is 4.23. The van der Waals surface area contributed by atoms with Crippen LogP contribution in [0.3, 0.4) is 0 Å². The van der Waals surface area contributed by atoms with Crippen LogP contribution in [0.15, 0.2) is 18.2 Å². The summed E-state index contributed by atoms with van der Waals surface area (Å²) in [6.45, 7) is 7.46. The molecule has 0 spiro atoms. The highest BCUT2D eigenvalue weighted by Gasteiger charge is 2.22. The number of hydrogen-bond donors (Lipinski definition) is 0. The Hall–Kier alpha value is -1.66. The first kappa shape index (κ1) is 15.2. The number of pyridine rings is 1. The van der Waals surface area contributed by atoms with Crippen LogP contribution >= 0.6 is 0 Å². The molecular weight excluding hydrogens is 278 g/mol. The fourth-order valence-corrected chi connectivity index (χ4v) is 2.93. The number of anilines is 1. The predicted octanol–water partition coefficient (Wildman–Crippen LogP) is 0.221. The van der Waals surface area contributed by atoms with Gasteiger partial charge >= 0.3 is 0 Å². The van der Waals surface area contributed by atoms with Crippen molar-refractivity contribution in [1.29, 1.82) is 0 Å². The Morgan fingerprint density at radius 3 is 2.14 bits per heavy atom. The van der Waals surface area contributed by atoms with E-state index in [1.165, 1.54) is 0 Å². The van der Waals surface area contributed by atoms with Gasteiger partial charge < -0.3 is 19.6 Å². The summed E-state index contributed by atoms with van der Waals surface area (Å²) < 4.78 is 0. The molecule has 0 bridgehead atoms. The summed E-state index contributed by atoms with van der Waals surface area (Å²) >= 11 is 0. The minimum Gasteiger partial charge on any atom is -0.354 e. The van der Waals surface area contributed by atoms with Gasteiger partial charge in [0.2, 0.25) is 0 Å². The minimum absolute atomic E-state index is 0.0593. The van der Waals surface area contributed by atoms with Crippen LogP contribution in [-0.2, 0) is 0 Å². The molecular formula is C16H25N5O. The van der Waals surface area contributed by atoms with E-state index >= 15 is 0 Å². The molecule has 6 heteroatoms. The first-order chi connectivity index (χ1) is 10.6. The Balaban J connectivity index is 1.69. The van der Waals surface area contributed by atoms with Crippen LogP contribution in [0, 0.1) is 0 Å². The van der Waals surface area contributed by atoms with Crippen molar-refractivity contribution in [2.24, 2.45) is 0 Å². The third kappa shape index (κ3) is 3.39. The van der Waals surface area contributed by atoms with Gasteiger partial charge in [-0.3, -0.25) is 4.79 Å². The second-order valence-corrected chi connectivity index (χ2v) is 6.27. The Morgan fingerprint density at radius 1 is 0.909 bits per heavy atom. The van der Waals surface area contributed by atoms with Crippen molar-refractivity contribution >= 4 is 11.7 Å². The predicted molar refractivity (Wildman–Crippen MR) is 87.3 cm³/mol. The summed E-state index contributed by atoms with van der Waals surface area (Å²) in [5, 5.41) is 0. The molecule has 2 fully saturated rings. The highest BCUT2D eigenvalue weighted by molar-refractivity contribution is 5.92. The lowest BCUT2D eigenvalue weighted by molar-refractivity contribution is 0.0658. The smallest absolute Gasteiger partial charge is 0.272 e. The number of amides is 1. The van der Waals surface area contributed by atoms with Gasteiger partial charge in [0.25, 0.3) is 5.91 Å². The lowest BCUT2D eigenvalue weighted by atomic mass is 10.2. The summed E-state index contributed by atoms with van der Waals surface area (Å²) in [6.07, 6.45) is 0. The van der Waals surface area contributed by atoms with Crippen molar-refractivity contribution in [2.75, 3.05) is 71.4 Å². The largest absolute Gasteiger partial charge is 0.354 e. The summed E-state index contributed by atoms with van der Waals surface area (Å²) in [5.41, 5.74) is 0.570. The van der Waals surface area contributed by atoms with Gasteiger partial charge in [-0.15, -0.1) is 0 Å². The maximum atomic E-state index is 12.6. The molecule has 3 rings (SSSR count). The molecule has 0 N–H and O–H groups in total. The third-order valence-electron chi connectivity index (χ3n) is 4.57. The van der Waals surface area contributed by atoms with Crippen molar-refractivity contribution in [3.63, 3.8) is 0 Å². The van der Waals surface area contributed by atoms with Crippen LogP contribution in [0.2, 0.25) is 0 Å². The van der Waals surface area contributed by atoms with Gasteiger partial charge in [0.1, 0.15) is 11.5 Å². The van der Waals surface area contributed by atoms with Crippen LogP contribution in [-0.4, -0.2) is 92.0 Å². The third-order valence-corrected chi connectivity index (χ3v) is 4.57. The zero-order valence-corrected chi connectivity index (χ0v) is 13.5. The zero-order chi connectivity index (χ0) is 15.5. The number of likely N-dealkylation sites (N-methyl/N-ethyl adjacent to an activating group) is 2. The van der Waals surface area contributed by atoms with E-state index in [2.05, 4.69) is 33.8 Å². The van der Waals surface area contributed by atoms with Gasteiger partial charge in [-0.1, -0.05) is 6.07 Å². The van der Waals surface area contributed by atoms with Gasteiger partial charge in [-0.2, -0.15) is 0 Å². The molecule has 2 aliphatic rings. The average Bonchev–Trinajstić information content (AvgIpc) is 2.56. The molecule has 1 aromatic heterocycles. The molecule has 0 atom stereocenters. The molecule has 120 valence electrons. The second-order valence-electron chi connectivity index (χ2n) is 6.27. The number of aromatic nitrogens is 1. The van der Waals surface area contributed by atoms with Crippen LogP contribution in [0.25, 0.3) is 0 Å². The molecule has 2 aliphatic heterocycles. The summed E-state index contributed by atoms with van der Waals surface area (Å²) in [6, 6.07) is 5.79. The van der Waals surface area contributed by atoms with Crippen LogP contribution in [0.4, 0.5) is 5.82 Å². The van der Waals surface area contributed by atoms with Crippen molar-refractivity contribution in [3.8, 4) is 0 Å². The van der Waals surface area contributed by atoms with Crippen molar-refractivity contribution < 1.29 is 4.79 Å². The number of hydrogen-bond acceptors (Lipinski definition) is 5. The fourth-order valence-electron chi connectivity index (χ4n) is 2.93. The van der Waals surface area contributed by atoms with Crippen molar-refractivity contribution in [3.05, 3.63) is 23.9 Å². The SMILES string of the molecule is CN1CCN(C(=O)c2cccc(N3CCN(C)CC3)n2)CC1. The first-order valence-electron chi connectivity index (χ1n) is 8.02. The quantitative estimate of drug-likeness (QED) is 0.782. The van der Waals surface area contributed by atoms with E-state index < -0.39 is 0 Å². The Kier molecular flexibility index (Phi) is 4.59. The van der Waals surface area contributed by atoms with Gasteiger partial charge in [0, 0.05) is 52.4 Å². The lowest BCUT2D eigenvalue weighted by Gasteiger charge is -2.34. The van der Waals surface area contributed by atoms with Gasteiger partial charge in [-0.05, 0) is 26.2 Å². The lowest BCUT2D eigenvalue weighted by Crippen LogP contribution is -2.47. The topological polar surface area (TPSA) is 42.9 Å². The van der Waals surface area contributed by atoms with Gasteiger partial charge in [0.15, 0.2) is 0 Å². The van der Waals surface area contributed by atoms with Crippen molar-refractivity contribution in [1.82, 2.24) is 19.7 Å². The van der Waals surface area contributed by atoms with Crippen LogP contribution in [0.1, 0.15) is 10.5 Å². The highest BCUT2D eigenvalue weighted by atomic mass is 16.2. The molecule has 0 unspecified atom stereocenters. The molecule has 6 nitrogen and oxygen atoms in total. The Bertz CT molecular complexity index is 519. The summed E-state index contributed by atoms with van der Waals surface area (Å²) in [5.74, 6) is 0.983. The monoisotopic (exact) mass is 303 g/mol. The molecule has 1 aromatic rings. The molecule has 22 heavy (non-hydrogen) atoms. The van der Waals surface area contributed by atoms with Gasteiger partial charge in [-0.25, -0.2) is 4.98 Å². The molecule has 0 aromatic carbocycles. The maximum Gasteiger partial charge on any atom is 0.272 e. The second kappa shape index (κ2) is 6.62. The van der Waals surface area contributed by atoms with Gasteiger partial charge in [0.05, 0.1) is 0 Å². The van der Waals surface area contributed by atoms with E-state index in [9.17, 15) is 4.79 Å². The molecule has 0 aliphatic carbocycles. The average molecular weight is 303 g/mol. The van der Waals surface area contributed by atoms with Crippen LogP contribution < -0.4 is 4.90 Å². The summed E-state index contributed by atoms with van der Waals surface area (Å²) in [4.78, 5) is 26.0. The highest BCUT2D eigenvalue weighted by Crippen LogP contribution is 2.15. The van der Waals surface area contributed by atoms with E-state index in [1.807, 2.05) is 23.1 Å². The normalized spacial score (nSPS) is 21.2. The van der Waals surface area contributed by atoms with Crippen molar-refractivity contribution in [2.45, 2.75) is 0 Å². The maximum absolute atomic E-state index is 12.6. The number of carbonyl (C=O) groups is 1. The van der Waals surface area contributed by atoms with Crippen LogP contribution in [0.5, 0.6) is 0 Å². The number of carbonyl (C=O) groups excluding carboxylic acids is 1. The minimum atomic E-state index is 0.0593. The zero-order valence-electron chi connectivity index (χ0n) is 13.5. The first-order valence-corrected chi connectivity index (χ1v) is 8.02. The molecule has 0 radical (unpaired) electrons. The van der Waals surface area contributed by atoms with E-state index in [4.69, 9.17) is 0 Å². The molecule has 3 heterocycles. The Morgan fingerprint density at radius 2 is 1.50 bits per heavy atom. The van der Waals surface area contributed by atoms with E-state index in [1.54, 1.807) is 0 Å². The van der Waals surface area contributed by atoms with E-state index in [0.717, 1.165) is 58.2 Å². The molecule has 2 saturated heterocycles. The van der Waals surface area contributed by atoms with E-state index in [0.29, 0.717) is 5.69 Å².